The first-order valence-electron chi connectivity index (χ1n) is 3.96. The molecule has 3 nitrogen and oxygen atoms in total. The van der Waals surface area contributed by atoms with Crippen molar-refractivity contribution in [2.45, 2.75) is 5.92 Å². The maximum atomic E-state index is 12.8. The summed E-state index contributed by atoms with van der Waals surface area (Å²) in [5.74, 6) is -2.89. The molecule has 0 aliphatic carbocycles. The molecule has 0 radical (unpaired) electrons. The number of hydrogen-bond donors (Lipinski definition) is 2. The number of nitrogens with two attached hydrogens (primary N) is 1. The van der Waals surface area contributed by atoms with Crippen molar-refractivity contribution in [1.82, 2.24) is 4.98 Å². The minimum Gasteiger partial charge on any atom is -0.378 e. The quantitative estimate of drug-likeness (QED) is 0.874. The monoisotopic (exact) mass is 265 g/mol. The van der Waals surface area contributed by atoms with Crippen LogP contribution in [0, 0.1) is 0 Å². The Morgan fingerprint density at radius 3 is 2.86 bits per heavy atom. The van der Waals surface area contributed by atoms with Gasteiger partial charge in [0.1, 0.15) is 0 Å². The van der Waals surface area contributed by atoms with Gasteiger partial charge in [-0.3, -0.25) is 4.98 Å². The molecule has 3 N–H and O–H groups in total. The van der Waals surface area contributed by atoms with Crippen molar-refractivity contribution in [2.24, 2.45) is 5.73 Å². The van der Waals surface area contributed by atoms with E-state index in [-0.39, 0.29) is 0 Å². The predicted molar refractivity (Wildman–Crippen MR) is 54.4 cm³/mol. The van der Waals surface area contributed by atoms with E-state index in [2.05, 4.69) is 26.2 Å². The number of aromatic nitrogens is 1. The summed E-state index contributed by atoms with van der Waals surface area (Å²) < 4.78 is 26.1. The molecule has 0 aliphatic rings. The first kappa shape index (κ1) is 11.3. The Labute approximate surface area is 88.8 Å². The molecule has 0 saturated carbocycles. The number of pyridine rings is 1. The molecule has 0 spiro atoms. The van der Waals surface area contributed by atoms with Crippen LogP contribution in [0.3, 0.4) is 0 Å². The van der Waals surface area contributed by atoms with E-state index < -0.39 is 19.0 Å². The first-order valence-corrected chi connectivity index (χ1v) is 4.76. The summed E-state index contributed by atoms with van der Waals surface area (Å²) in [6.07, 6.45) is 3.05. The molecule has 0 amide bonds. The Kier molecular flexibility index (Phi) is 3.77. The molecule has 78 valence electrons. The Balaban J connectivity index is 2.58. The zero-order valence-electron chi connectivity index (χ0n) is 7.30. The van der Waals surface area contributed by atoms with Gasteiger partial charge in [-0.15, -0.1) is 0 Å². The number of nitrogens with zero attached hydrogens (tertiary/aromatic N) is 1. The van der Waals surface area contributed by atoms with E-state index >= 15 is 0 Å². The van der Waals surface area contributed by atoms with Gasteiger partial charge in [-0.05, 0) is 22.0 Å². The summed E-state index contributed by atoms with van der Waals surface area (Å²) in [5, 5.41) is 2.59. The summed E-state index contributed by atoms with van der Waals surface area (Å²) in [5.41, 5.74) is 5.47. The average Bonchev–Trinajstić information content (AvgIpc) is 2.17. The van der Waals surface area contributed by atoms with E-state index in [1.54, 1.807) is 6.07 Å². The van der Waals surface area contributed by atoms with Gasteiger partial charge in [0.05, 0.1) is 23.2 Å². The van der Waals surface area contributed by atoms with Crippen LogP contribution in [-0.2, 0) is 0 Å². The van der Waals surface area contributed by atoms with Gasteiger partial charge in [0, 0.05) is 12.4 Å². The molecule has 0 fully saturated rings. The summed E-state index contributed by atoms with van der Waals surface area (Å²) in [7, 11) is 0. The van der Waals surface area contributed by atoms with Gasteiger partial charge in [0.15, 0.2) is 0 Å². The highest BCUT2D eigenvalue weighted by Gasteiger charge is 2.26. The molecule has 0 saturated heterocycles. The minimum atomic E-state index is -2.89. The molecular formula is C8H10BrF2N3. The Bertz CT molecular complexity index is 306. The maximum Gasteiger partial charge on any atom is 0.276 e. The van der Waals surface area contributed by atoms with E-state index in [9.17, 15) is 8.78 Å². The smallest absolute Gasteiger partial charge is 0.276 e. The lowest BCUT2D eigenvalue weighted by molar-refractivity contribution is 0.0254. The van der Waals surface area contributed by atoms with Gasteiger partial charge in [0.25, 0.3) is 5.92 Å². The second-order valence-corrected chi connectivity index (χ2v) is 3.62. The molecule has 1 heterocycles. The van der Waals surface area contributed by atoms with Gasteiger partial charge in [-0.2, -0.15) is 0 Å². The van der Waals surface area contributed by atoms with E-state index in [1.165, 1.54) is 12.4 Å². The number of rotatable bonds is 4. The fraction of sp³-hybridized carbons (Fsp3) is 0.375. The summed E-state index contributed by atoms with van der Waals surface area (Å²) in [6.45, 7) is -1.14. The third-order valence-electron chi connectivity index (χ3n) is 1.61. The lowest BCUT2D eigenvalue weighted by Gasteiger charge is -2.15. The van der Waals surface area contributed by atoms with E-state index in [4.69, 9.17) is 5.73 Å². The number of halogens is 3. The highest BCUT2D eigenvalue weighted by molar-refractivity contribution is 9.10. The highest BCUT2D eigenvalue weighted by Crippen LogP contribution is 2.21. The van der Waals surface area contributed by atoms with Crippen LogP contribution in [0.15, 0.2) is 22.9 Å². The number of anilines is 1. The molecule has 0 aliphatic heterocycles. The first-order chi connectivity index (χ1) is 6.55. The third-order valence-corrected chi connectivity index (χ3v) is 2.24. The van der Waals surface area contributed by atoms with Crippen molar-refractivity contribution in [3.8, 4) is 0 Å². The fourth-order valence-corrected chi connectivity index (χ4v) is 1.21. The molecule has 1 aromatic rings. The zero-order chi connectivity index (χ0) is 10.6. The number of nitrogens with one attached hydrogen (secondary N) is 1. The van der Waals surface area contributed by atoms with Crippen LogP contribution in [0.4, 0.5) is 14.5 Å². The van der Waals surface area contributed by atoms with Crippen molar-refractivity contribution in [2.75, 3.05) is 18.4 Å². The van der Waals surface area contributed by atoms with Gasteiger partial charge in [-0.1, -0.05) is 0 Å². The van der Waals surface area contributed by atoms with Crippen LogP contribution >= 0.6 is 15.9 Å². The number of hydrogen-bond acceptors (Lipinski definition) is 3. The molecule has 0 atom stereocenters. The molecule has 14 heavy (non-hydrogen) atoms. The Morgan fingerprint density at radius 2 is 2.29 bits per heavy atom. The molecule has 0 aromatic carbocycles. The zero-order valence-corrected chi connectivity index (χ0v) is 8.89. The topological polar surface area (TPSA) is 50.9 Å². The van der Waals surface area contributed by atoms with Crippen LogP contribution in [0.5, 0.6) is 0 Å². The fourth-order valence-electron chi connectivity index (χ4n) is 0.815. The molecule has 1 aromatic heterocycles. The van der Waals surface area contributed by atoms with Gasteiger partial charge in [-0.25, -0.2) is 8.78 Å². The predicted octanol–water partition coefficient (Wildman–Crippen LogP) is 1.85. The Hall–Kier alpha value is -0.750. The molecular weight excluding hydrogens is 256 g/mol. The van der Waals surface area contributed by atoms with Crippen LogP contribution in [0.25, 0.3) is 0 Å². The maximum absolute atomic E-state index is 12.8. The summed E-state index contributed by atoms with van der Waals surface area (Å²) in [4.78, 5) is 3.81. The van der Waals surface area contributed by atoms with Crippen LogP contribution in [0.1, 0.15) is 0 Å². The Morgan fingerprint density at radius 1 is 1.57 bits per heavy atom. The normalized spacial score (nSPS) is 11.4. The molecule has 0 bridgehead atoms. The van der Waals surface area contributed by atoms with Gasteiger partial charge in [0.2, 0.25) is 0 Å². The van der Waals surface area contributed by atoms with Crippen LogP contribution in [-0.4, -0.2) is 24.0 Å². The molecule has 6 heteroatoms. The lowest BCUT2D eigenvalue weighted by Crippen LogP contribution is -2.35. The van der Waals surface area contributed by atoms with Crippen molar-refractivity contribution in [1.29, 1.82) is 0 Å². The van der Waals surface area contributed by atoms with Crippen LogP contribution < -0.4 is 11.1 Å². The van der Waals surface area contributed by atoms with Crippen molar-refractivity contribution in [3.05, 3.63) is 22.9 Å². The van der Waals surface area contributed by atoms with Crippen molar-refractivity contribution in [3.63, 3.8) is 0 Å². The molecule has 0 unspecified atom stereocenters. The van der Waals surface area contributed by atoms with E-state index in [0.717, 1.165) is 0 Å². The van der Waals surface area contributed by atoms with Crippen molar-refractivity contribution < 1.29 is 8.78 Å². The summed E-state index contributed by atoms with van der Waals surface area (Å²) >= 11 is 3.18. The standard InChI is InChI=1S/C8H10BrF2N3/c9-6-3-13-2-1-7(6)14-5-8(10,11)4-12/h1-3H,4-5,12H2,(H,13,14). The third kappa shape index (κ3) is 3.19. The second kappa shape index (κ2) is 4.65. The second-order valence-electron chi connectivity index (χ2n) is 2.77. The van der Waals surface area contributed by atoms with Crippen molar-refractivity contribution >= 4 is 21.6 Å². The average molecular weight is 266 g/mol. The van der Waals surface area contributed by atoms with Gasteiger partial charge < -0.3 is 11.1 Å². The van der Waals surface area contributed by atoms with Gasteiger partial charge >= 0.3 is 0 Å². The number of alkyl halides is 2. The molecule has 1 rings (SSSR count). The van der Waals surface area contributed by atoms with E-state index in [1.807, 2.05) is 0 Å². The SMILES string of the molecule is NCC(F)(F)CNc1ccncc1Br. The minimum absolute atomic E-state index is 0.480. The largest absolute Gasteiger partial charge is 0.378 e. The lowest BCUT2D eigenvalue weighted by atomic mass is 10.3. The van der Waals surface area contributed by atoms with Crippen LogP contribution in [0.2, 0.25) is 0 Å². The van der Waals surface area contributed by atoms with E-state index in [0.29, 0.717) is 10.2 Å². The summed E-state index contributed by atoms with van der Waals surface area (Å²) in [6, 6.07) is 1.61. The highest BCUT2D eigenvalue weighted by atomic mass is 79.9.